The van der Waals surface area contributed by atoms with Crippen LogP contribution in [0.1, 0.15) is 64.9 Å². The number of benzene rings is 1. The second kappa shape index (κ2) is 14.4. The molecule has 0 aromatic heterocycles. The maximum atomic E-state index is 6.28. The summed E-state index contributed by atoms with van der Waals surface area (Å²) in [6, 6.07) is 6.08. The lowest BCUT2D eigenvalue weighted by Crippen LogP contribution is -2.29. The van der Waals surface area contributed by atoms with Crippen LogP contribution in [0.3, 0.4) is 0 Å². The third kappa shape index (κ3) is 10.1. The molecule has 0 aliphatic rings. The van der Waals surface area contributed by atoms with Crippen molar-refractivity contribution in [2.45, 2.75) is 65.8 Å². The van der Waals surface area contributed by atoms with Gasteiger partial charge in [0, 0.05) is 6.54 Å². The summed E-state index contributed by atoms with van der Waals surface area (Å²) in [6.45, 7) is 12.9. The van der Waals surface area contributed by atoms with Crippen LogP contribution in [-0.4, -0.2) is 37.7 Å². The second-order valence-electron chi connectivity index (χ2n) is 6.69. The van der Waals surface area contributed by atoms with Crippen molar-refractivity contribution in [3.63, 3.8) is 0 Å². The van der Waals surface area contributed by atoms with Gasteiger partial charge in [0.05, 0.1) is 11.6 Å². The van der Waals surface area contributed by atoms with Gasteiger partial charge in [-0.3, -0.25) is 0 Å². The van der Waals surface area contributed by atoms with Gasteiger partial charge in [-0.1, -0.05) is 51.3 Å². The van der Waals surface area contributed by atoms with Crippen LogP contribution in [0, 0.1) is 0 Å². The normalized spacial score (nSPS) is 11.2. The van der Waals surface area contributed by atoms with Gasteiger partial charge < -0.3 is 15.0 Å². The Bertz CT molecular complexity index is 446. The van der Waals surface area contributed by atoms with Gasteiger partial charge in [0.2, 0.25) is 0 Å². The Morgan fingerprint density at radius 1 is 0.960 bits per heavy atom. The van der Waals surface area contributed by atoms with Crippen LogP contribution in [0.5, 0.6) is 5.75 Å². The van der Waals surface area contributed by atoms with E-state index in [1.807, 2.05) is 12.1 Å². The molecular weight excluding hydrogens is 332 g/mol. The van der Waals surface area contributed by atoms with E-state index in [0.29, 0.717) is 11.6 Å². The standard InChI is InChI=1S/C21H37ClN2O/c1-4-7-13-24(14-8-5-2)15-9-12-23-18-19-10-11-21(20(22)17-19)25-16-6-3/h10-11,17,23H,4-9,12-16,18H2,1-3H3. The zero-order valence-corrected chi connectivity index (χ0v) is 17.2. The molecule has 0 unspecified atom stereocenters. The minimum absolute atomic E-state index is 0.707. The van der Waals surface area contributed by atoms with Crippen LogP contribution < -0.4 is 10.1 Å². The molecule has 4 heteroatoms. The Morgan fingerprint density at radius 3 is 2.24 bits per heavy atom. The predicted molar refractivity (Wildman–Crippen MR) is 110 cm³/mol. The number of rotatable bonds is 15. The Morgan fingerprint density at radius 2 is 1.64 bits per heavy atom. The van der Waals surface area contributed by atoms with Crippen LogP contribution in [-0.2, 0) is 6.54 Å². The number of ether oxygens (including phenoxy) is 1. The highest BCUT2D eigenvalue weighted by Gasteiger charge is 2.05. The SMILES string of the molecule is CCCCN(CCCC)CCCNCc1ccc(OCCC)c(Cl)c1. The van der Waals surface area contributed by atoms with Crippen molar-refractivity contribution in [1.29, 1.82) is 0 Å². The molecule has 0 aliphatic carbocycles. The van der Waals surface area contributed by atoms with Crippen LogP contribution >= 0.6 is 11.6 Å². The van der Waals surface area contributed by atoms with E-state index in [1.165, 1.54) is 57.3 Å². The maximum absolute atomic E-state index is 6.28. The molecule has 0 atom stereocenters. The highest BCUT2D eigenvalue weighted by atomic mass is 35.5. The topological polar surface area (TPSA) is 24.5 Å². The van der Waals surface area contributed by atoms with Gasteiger partial charge in [0.25, 0.3) is 0 Å². The lowest BCUT2D eigenvalue weighted by molar-refractivity contribution is 0.261. The highest BCUT2D eigenvalue weighted by Crippen LogP contribution is 2.25. The van der Waals surface area contributed by atoms with E-state index < -0.39 is 0 Å². The van der Waals surface area contributed by atoms with Crippen molar-refractivity contribution in [2.24, 2.45) is 0 Å². The number of nitrogens with zero attached hydrogens (tertiary/aromatic N) is 1. The third-order valence-corrected chi connectivity index (χ3v) is 4.57. The first kappa shape index (κ1) is 22.3. The largest absolute Gasteiger partial charge is 0.492 e. The Hall–Kier alpha value is -0.770. The maximum Gasteiger partial charge on any atom is 0.137 e. The quantitative estimate of drug-likeness (QED) is 0.413. The number of halogens is 1. The lowest BCUT2D eigenvalue weighted by atomic mass is 10.2. The molecule has 1 N–H and O–H groups in total. The van der Waals surface area contributed by atoms with Gasteiger partial charge in [-0.25, -0.2) is 0 Å². The van der Waals surface area contributed by atoms with Crippen molar-refractivity contribution < 1.29 is 4.74 Å². The first-order valence-corrected chi connectivity index (χ1v) is 10.4. The van der Waals surface area contributed by atoms with E-state index in [2.05, 4.69) is 37.1 Å². The number of hydrogen-bond donors (Lipinski definition) is 1. The van der Waals surface area contributed by atoms with Gasteiger partial charge in [0.15, 0.2) is 0 Å². The summed E-state index contributed by atoms with van der Waals surface area (Å²) in [5.41, 5.74) is 1.21. The average molecular weight is 369 g/mol. The van der Waals surface area contributed by atoms with E-state index in [1.54, 1.807) is 0 Å². The molecule has 0 bridgehead atoms. The molecule has 0 heterocycles. The van der Waals surface area contributed by atoms with E-state index >= 15 is 0 Å². The lowest BCUT2D eigenvalue weighted by Gasteiger charge is -2.22. The van der Waals surface area contributed by atoms with E-state index in [9.17, 15) is 0 Å². The van der Waals surface area contributed by atoms with E-state index in [-0.39, 0.29) is 0 Å². The van der Waals surface area contributed by atoms with Gasteiger partial charge in [-0.15, -0.1) is 0 Å². The molecule has 144 valence electrons. The minimum Gasteiger partial charge on any atom is -0.492 e. The molecule has 1 aromatic carbocycles. The molecule has 1 rings (SSSR count). The molecule has 0 aliphatic heterocycles. The zero-order chi connectivity index (χ0) is 18.3. The fourth-order valence-corrected chi connectivity index (χ4v) is 3.00. The predicted octanol–water partition coefficient (Wildman–Crippen LogP) is 5.51. The summed E-state index contributed by atoms with van der Waals surface area (Å²) >= 11 is 6.28. The third-order valence-electron chi connectivity index (χ3n) is 4.27. The molecule has 0 spiro atoms. The first-order valence-electron chi connectivity index (χ1n) is 10.1. The summed E-state index contributed by atoms with van der Waals surface area (Å²) in [5, 5.41) is 4.24. The average Bonchev–Trinajstić information content (AvgIpc) is 2.62. The van der Waals surface area contributed by atoms with Crippen molar-refractivity contribution in [2.75, 3.05) is 32.8 Å². The fraction of sp³-hybridized carbons (Fsp3) is 0.714. The van der Waals surface area contributed by atoms with Gasteiger partial charge >= 0.3 is 0 Å². The van der Waals surface area contributed by atoms with Gasteiger partial charge in [0.1, 0.15) is 5.75 Å². The van der Waals surface area contributed by atoms with E-state index in [4.69, 9.17) is 16.3 Å². The molecular formula is C21H37ClN2O. The molecule has 1 aromatic rings. The number of nitrogens with one attached hydrogen (secondary N) is 1. The summed E-state index contributed by atoms with van der Waals surface area (Å²) in [4.78, 5) is 2.62. The van der Waals surface area contributed by atoms with Crippen LogP contribution in [0.25, 0.3) is 0 Å². The van der Waals surface area contributed by atoms with Crippen molar-refractivity contribution in [3.8, 4) is 5.75 Å². The van der Waals surface area contributed by atoms with Gasteiger partial charge in [-0.05, 0) is 69.6 Å². The van der Waals surface area contributed by atoms with Crippen LogP contribution in [0.15, 0.2) is 18.2 Å². The summed E-state index contributed by atoms with van der Waals surface area (Å²) in [5.74, 6) is 0.787. The van der Waals surface area contributed by atoms with Crippen molar-refractivity contribution in [1.82, 2.24) is 10.2 Å². The Kier molecular flexibility index (Phi) is 12.8. The van der Waals surface area contributed by atoms with Crippen molar-refractivity contribution in [3.05, 3.63) is 28.8 Å². The van der Waals surface area contributed by atoms with Gasteiger partial charge in [-0.2, -0.15) is 0 Å². The monoisotopic (exact) mass is 368 g/mol. The Balaban J connectivity index is 2.26. The molecule has 3 nitrogen and oxygen atoms in total. The van der Waals surface area contributed by atoms with Crippen LogP contribution in [0.2, 0.25) is 5.02 Å². The van der Waals surface area contributed by atoms with Crippen molar-refractivity contribution >= 4 is 11.6 Å². The summed E-state index contributed by atoms with van der Waals surface area (Å²) < 4.78 is 5.62. The zero-order valence-electron chi connectivity index (χ0n) is 16.5. The highest BCUT2D eigenvalue weighted by molar-refractivity contribution is 6.32. The molecule has 25 heavy (non-hydrogen) atoms. The number of hydrogen-bond acceptors (Lipinski definition) is 3. The summed E-state index contributed by atoms with van der Waals surface area (Å²) in [6.07, 6.45) is 7.36. The minimum atomic E-state index is 0.707. The Labute approximate surface area is 160 Å². The second-order valence-corrected chi connectivity index (χ2v) is 7.10. The number of unbranched alkanes of at least 4 members (excludes halogenated alkanes) is 2. The molecule has 0 amide bonds. The van der Waals surface area contributed by atoms with Crippen LogP contribution in [0.4, 0.5) is 0 Å². The van der Waals surface area contributed by atoms with E-state index in [0.717, 1.165) is 25.3 Å². The summed E-state index contributed by atoms with van der Waals surface area (Å²) in [7, 11) is 0. The molecule has 0 fully saturated rings. The molecule has 0 saturated heterocycles. The molecule has 0 radical (unpaired) electrons. The first-order chi connectivity index (χ1) is 12.2. The molecule has 0 saturated carbocycles. The fourth-order valence-electron chi connectivity index (χ4n) is 2.74. The smallest absolute Gasteiger partial charge is 0.137 e.